The Hall–Kier alpha value is -6.33. The molecule has 5 aromatic carbocycles. The fraction of sp³-hybridized carbons (Fsp3) is 0.356. The summed E-state index contributed by atoms with van der Waals surface area (Å²) in [6.07, 6.45) is 9.80. The van der Waals surface area contributed by atoms with Crippen LogP contribution in [0.15, 0.2) is 114 Å². The minimum Gasteiger partial charge on any atom is -0.493 e. The van der Waals surface area contributed by atoms with Crippen LogP contribution in [0.1, 0.15) is 113 Å². The van der Waals surface area contributed by atoms with Gasteiger partial charge in [0, 0.05) is 72.5 Å². The molecule has 0 bridgehead atoms. The third kappa shape index (κ3) is 12.4. The van der Waals surface area contributed by atoms with Crippen LogP contribution in [0.3, 0.4) is 0 Å². The first-order chi connectivity index (χ1) is 35.8. The summed E-state index contributed by atoms with van der Waals surface area (Å²) in [5.74, 6) is 1.45. The van der Waals surface area contributed by atoms with Crippen LogP contribution in [0.2, 0.25) is 0 Å². The summed E-state index contributed by atoms with van der Waals surface area (Å²) in [6, 6.07) is 32.3. The Kier molecular flexibility index (Phi) is 16.0. The summed E-state index contributed by atoms with van der Waals surface area (Å²) >= 11 is 0. The Morgan fingerprint density at radius 1 is 0.840 bits per heavy atom. The number of ether oxygens (including phenoxy) is 3. The van der Waals surface area contributed by atoms with Crippen molar-refractivity contribution in [2.24, 2.45) is 4.99 Å². The Morgan fingerprint density at radius 3 is 2.17 bits per heavy atom. The Morgan fingerprint density at radius 2 is 1.49 bits per heavy atom. The number of methoxy groups -OCH3 is 1. The second-order valence-electron chi connectivity index (χ2n) is 20.5. The third-order valence-electron chi connectivity index (χ3n) is 14.5. The maximum Gasteiger partial charge on any atom is 0.274 e. The normalized spacial score (nSPS) is 17.5. The highest BCUT2D eigenvalue weighted by atomic mass is 33.1. The molecule has 5 aromatic rings. The number of carbonyl (C=O) groups is 3. The molecule has 0 fully saturated rings. The van der Waals surface area contributed by atoms with Gasteiger partial charge >= 0.3 is 0 Å². The van der Waals surface area contributed by atoms with Crippen LogP contribution in [0, 0.1) is 13.8 Å². The highest BCUT2D eigenvalue weighted by molar-refractivity contribution is 8.77. The highest BCUT2D eigenvalue weighted by Gasteiger charge is 2.36. The minimum atomic E-state index is -4.40. The lowest BCUT2D eigenvalue weighted by Gasteiger charge is -2.28. The number of aryl methyl sites for hydroxylation is 3. The summed E-state index contributed by atoms with van der Waals surface area (Å²) in [5, 5.41) is -1.38. The largest absolute Gasteiger partial charge is 0.493 e. The number of aliphatic imine (C=N–C) groups is 1. The van der Waals surface area contributed by atoms with Crippen molar-refractivity contribution in [2.75, 3.05) is 31.4 Å². The number of rotatable bonds is 20. The van der Waals surface area contributed by atoms with E-state index in [1.54, 1.807) is 34.9 Å². The minimum absolute atomic E-state index is 0.00596. The average Bonchev–Trinajstić information content (AvgIpc) is 3.97. The van der Waals surface area contributed by atoms with E-state index in [1.165, 1.54) is 23.3 Å². The number of benzene rings is 5. The van der Waals surface area contributed by atoms with Crippen molar-refractivity contribution >= 4 is 78.0 Å². The molecule has 2 amide bonds. The van der Waals surface area contributed by atoms with Gasteiger partial charge in [0.05, 0.1) is 24.4 Å². The number of ketones is 1. The number of anilines is 1. The second kappa shape index (κ2) is 22.5. The SMILES string of the molecule is COc1cc2c(cc1OCc1cccc(COc3cc4c(cc3C)C(=O)N3C=C(c5ccc(N(C)CCC(C)(C)SSCCC(C(C)=O)S(=O)(=O)O)cc5)C[C@H]3CC4)c1)N=C[C@@H]1CC(c3ccc(C)cc3)=CN1C2=O. The summed E-state index contributed by atoms with van der Waals surface area (Å²) in [4.78, 5) is 50.5. The van der Waals surface area contributed by atoms with E-state index in [2.05, 4.69) is 87.3 Å². The zero-order valence-electron chi connectivity index (χ0n) is 43.5. The van der Waals surface area contributed by atoms with Crippen molar-refractivity contribution in [1.29, 1.82) is 0 Å². The predicted molar refractivity (Wildman–Crippen MR) is 301 cm³/mol. The van der Waals surface area contributed by atoms with E-state index in [0.29, 0.717) is 47.1 Å². The van der Waals surface area contributed by atoms with E-state index in [0.717, 1.165) is 88.2 Å². The molecule has 0 aliphatic carbocycles. The Labute approximate surface area is 448 Å². The van der Waals surface area contributed by atoms with Gasteiger partial charge in [0.2, 0.25) is 0 Å². The molecule has 0 saturated heterocycles. The van der Waals surface area contributed by atoms with Gasteiger partial charge in [0.15, 0.2) is 11.5 Å². The first-order valence-electron chi connectivity index (χ1n) is 25.3. The number of carbonyl (C=O) groups excluding carboxylic acids is 3. The van der Waals surface area contributed by atoms with Gasteiger partial charge in [-0.2, -0.15) is 8.42 Å². The van der Waals surface area contributed by atoms with Gasteiger partial charge < -0.3 is 28.9 Å². The van der Waals surface area contributed by atoms with E-state index in [1.807, 2.05) is 60.8 Å². The lowest BCUT2D eigenvalue weighted by Crippen LogP contribution is -2.32. The maximum absolute atomic E-state index is 14.2. The quantitative estimate of drug-likeness (QED) is 0.0448. The van der Waals surface area contributed by atoms with Gasteiger partial charge in [-0.15, -0.1) is 0 Å². The van der Waals surface area contributed by atoms with Crippen molar-refractivity contribution in [3.05, 3.63) is 160 Å². The predicted octanol–water partition coefficient (Wildman–Crippen LogP) is 11.9. The van der Waals surface area contributed by atoms with Crippen molar-refractivity contribution in [3.63, 3.8) is 0 Å². The van der Waals surface area contributed by atoms with Crippen LogP contribution in [0.4, 0.5) is 11.4 Å². The van der Waals surface area contributed by atoms with Gasteiger partial charge in [-0.3, -0.25) is 23.9 Å². The lowest BCUT2D eigenvalue weighted by atomic mass is 9.96. The zero-order valence-corrected chi connectivity index (χ0v) is 45.9. The number of Topliss-reactive ketones (excluding diaryl/α,β-unsaturated/α-hetero) is 1. The van der Waals surface area contributed by atoms with Gasteiger partial charge in [-0.25, -0.2) is 0 Å². The second-order valence-corrected chi connectivity index (χ2v) is 25.2. The van der Waals surface area contributed by atoms with E-state index in [-0.39, 0.29) is 41.7 Å². The molecular weight excluding hydrogens is 1000 g/mol. The van der Waals surface area contributed by atoms with E-state index in [4.69, 9.17) is 19.2 Å². The van der Waals surface area contributed by atoms with Gasteiger partial charge in [0.25, 0.3) is 21.9 Å². The van der Waals surface area contributed by atoms with Gasteiger partial charge in [-0.1, -0.05) is 81.7 Å². The Bertz CT molecular complexity index is 3210. The monoisotopic (exact) mass is 1070 g/mol. The van der Waals surface area contributed by atoms with E-state index in [9.17, 15) is 27.4 Å². The van der Waals surface area contributed by atoms with Gasteiger partial charge in [-0.05, 0) is 148 Å². The topological polar surface area (TPSA) is 155 Å². The fourth-order valence-electron chi connectivity index (χ4n) is 10.0. The van der Waals surface area contributed by atoms with Crippen molar-refractivity contribution in [2.45, 2.75) is 108 Å². The van der Waals surface area contributed by atoms with Crippen molar-refractivity contribution in [1.82, 2.24) is 9.80 Å². The molecule has 0 spiro atoms. The molecule has 0 saturated carbocycles. The van der Waals surface area contributed by atoms with E-state index < -0.39 is 21.2 Å². The fourth-order valence-corrected chi connectivity index (χ4v) is 13.7. The molecule has 3 atom stereocenters. The number of fused-ring (bicyclic) bond motifs is 4. The number of nitrogens with zero attached hydrogens (tertiary/aromatic N) is 4. The van der Waals surface area contributed by atoms with Crippen LogP contribution in [0.5, 0.6) is 17.2 Å². The standard InChI is InChI=1S/C59H64N4O9S3/c1-37-11-13-42(14-12-37)46-28-49-32-60-52-31-55(54(70-7)30-51(52)58(66)63(49)34-46)72-36-41-10-8-9-40(26-41)35-71-53-29-44-17-20-48-27-45(33-62(48)57(65)50(44)25-38(53)2)43-15-18-47(19-16-43)61(6)23-22-59(4,5)74-73-24-21-56(39(3)64)75(67,68)69/h8-16,18-19,25-26,29-34,48-49,56H,17,20-24,27-28,35-36H2,1-7H3,(H,67,68,69)/t48-,49+,56?/m1/s1. The van der Waals surface area contributed by atoms with Crippen LogP contribution in [-0.2, 0) is 34.5 Å². The average molecular weight is 1070 g/mol. The third-order valence-corrected chi connectivity index (χ3v) is 19.1. The molecule has 1 N–H and O–H groups in total. The zero-order chi connectivity index (χ0) is 53.2. The molecule has 1 unspecified atom stereocenters. The smallest absolute Gasteiger partial charge is 0.274 e. The molecule has 13 nitrogen and oxygen atoms in total. The summed E-state index contributed by atoms with van der Waals surface area (Å²) < 4.78 is 50.9. The number of hydrogen-bond acceptors (Lipinski definition) is 12. The first-order valence-corrected chi connectivity index (χ1v) is 29.1. The highest BCUT2D eigenvalue weighted by Crippen LogP contribution is 2.42. The molecule has 0 aromatic heterocycles. The molecule has 392 valence electrons. The molecule has 0 radical (unpaired) electrons. The van der Waals surface area contributed by atoms with Crippen LogP contribution in [0.25, 0.3) is 11.1 Å². The van der Waals surface area contributed by atoms with Gasteiger partial charge in [0.1, 0.15) is 30.0 Å². The summed E-state index contributed by atoms with van der Waals surface area (Å²) in [5.41, 5.74) is 12.2. The van der Waals surface area contributed by atoms with Crippen LogP contribution >= 0.6 is 21.6 Å². The van der Waals surface area contributed by atoms with Crippen molar-refractivity contribution < 1.29 is 41.6 Å². The molecular formula is C59H64N4O9S3. The van der Waals surface area contributed by atoms with Crippen LogP contribution in [-0.4, -0.2) is 95.1 Å². The molecule has 16 heteroatoms. The summed E-state index contributed by atoms with van der Waals surface area (Å²) in [7, 11) is 2.40. The first kappa shape index (κ1) is 53.5. The van der Waals surface area contributed by atoms with Crippen LogP contribution < -0.4 is 19.1 Å². The summed E-state index contributed by atoms with van der Waals surface area (Å²) in [6.45, 7) is 10.9. The van der Waals surface area contributed by atoms with E-state index >= 15 is 0 Å². The molecule has 4 aliphatic heterocycles. The molecule has 4 aliphatic rings. The Balaban J connectivity index is 0.778. The number of amides is 2. The molecule has 9 rings (SSSR count). The molecule has 75 heavy (non-hydrogen) atoms. The molecule has 4 heterocycles. The lowest BCUT2D eigenvalue weighted by molar-refractivity contribution is -0.116. The number of hydrogen-bond donors (Lipinski definition) is 1. The van der Waals surface area contributed by atoms with Crippen molar-refractivity contribution in [3.8, 4) is 17.2 Å². The maximum atomic E-state index is 14.2.